The monoisotopic (exact) mass is 528 g/mol. The number of aromatic amines is 1. The Kier molecular flexibility index (Phi) is 7.70. The lowest BCUT2D eigenvalue weighted by atomic mass is 9.82. The molecule has 1 amide bonds. The molecular weight excluding hydrogens is 500 g/mol. The van der Waals surface area contributed by atoms with E-state index in [9.17, 15) is 14.9 Å². The zero-order valence-electron chi connectivity index (χ0n) is 22.3. The van der Waals surface area contributed by atoms with Crippen LogP contribution in [0.4, 0.5) is 0 Å². The van der Waals surface area contributed by atoms with Crippen molar-refractivity contribution in [1.29, 1.82) is 5.26 Å². The first-order chi connectivity index (χ1) is 19.6. The summed E-state index contributed by atoms with van der Waals surface area (Å²) < 4.78 is 5.35. The summed E-state index contributed by atoms with van der Waals surface area (Å²) in [6.07, 6.45) is 5.25. The highest BCUT2D eigenvalue weighted by Crippen LogP contribution is 2.40. The minimum absolute atomic E-state index is 0.0380. The molecule has 2 heterocycles. The Balaban J connectivity index is 1.61. The predicted octanol–water partition coefficient (Wildman–Crippen LogP) is 6.39. The van der Waals surface area contributed by atoms with Crippen molar-refractivity contribution in [2.24, 2.45) is 0 Å². The number of aldehydes is 1. The van der Waals surface area contributed by atoms with Gasteiger partial charge in [0.2, 0.25) is 0 Å². The van der Waals surface area contributed by atoms with Crippen LogP contribution >= 0.6 is 0 Å². The topological polar surface area (TPSA) is 108 Å². The van der Waals surface area contributed by atoms with Gasteiger partial charge in [-0.3, -0.25) is 14.6 Å². The van der Waals surface area contributed by atoms with E-state index in [4.69, 9.17) is 4.74 Å². The van der Waals surface area contributed by atoms with E-state index in [1.165, 1.54) is 0 Å². The van der Waals surface area contributed by atoms with Crippen LogP contribution in [0.2, 0.25) is 0 Å². The molecule has 40 heavy (non-hydrogen) atoms. The van der Waals surface area contributed by atoms with Crippen LogP contribution in [0, 0.1) is 11.3 Å². The second kappa shape index (κ2) is 11.7. The van der Waals surface area contributed by atoms with Crippen LogP contribution in [0.25, 0.3) is 22.0 Å². The summed E-state index contributed by atoms with van der Waals surface area (Å²) in [5, 5.41) is 13.3. The standard InChI is InChI=1S/C33H28N4O3/c1-3-26(31-19-36-32-14-21(17-34)7-10-29(31)32)28-11-8-22(33(39)37-18-24-6-4-5-13-35-24)16-30(28)27-12-9-25(40-2)15-23(27)20-38/h4-16,19-20,26,36H,3,18H2,1-2H3,(H,37,39). The highest BCUT2D eigenvalue weighted by atomic mass is 16.5. The van der Waals surface area contributed by atoms with Gasteiger partial charge in [-0.2, -0.15) is 5.26 Å². The number of carbonyl (C=O) groups is 2. The van der Waals surface area contributed by atoms with Crippen molar-refractivity contribution in [2.45, 2.75) is 25.8 Å². The van der Waals surface area contributed by atoms with Crippen LogP contribution in [0.3, 0.4) is 0 Å². The van der Waals surface area contributed by atoms with Gasteiger partial charge in [-0.05, 0) is 83.3 Å². The summed E-state index contributed by atoms with van der Waals surface area (Å²) in [6.45, 7) is 2.41. The minimum atomic E-state index is -0.233. The summed E-state index contributed by atoms with van der Waals surface area (Å²) in [5.74, 6) is 0.307. The SMILES string of the molecule is CCC(c1ccc(C(=O)NCc2ccccn2)cc1-c1ccc(OC)cc1C=O)c1c[nH]c2cc(C#N)ccc12. The van der Waals surface area contributed by atoms with Crippen LogP contribution in [0.5, 0.6) is 5.75 Å². The number of methoxy groups -OCH3 is 1. The van der Waals surface area contributed by atoms with Gasteiger partial charge in [0.05, 0.1) is 31.0 Å². The molecule has 2 aromatic heterocycles. The average molecular weight is 529 g/mol. The molecule has 0 radical (unpaired) electrons. The Labute approximate surface area is 232 Å². The van der Waals surface area contributed by atoms with Crippen LogP contribution < -0.4 is 10.1 Å². The number of hydrogen-bond donors (Lipinski definition) is 2. The van der Waals surface area contributed by atoms with Gasteiger partial charge in [0.25, 0.3) is 5.91 Å². The van der Waals surface area contributed by atoms with Gasteiger partial charge >= 0.3 is 0 Å². The van der Waals surface area contributed by atoms with Gasteiger partial charge in [0, 0.05) is 40.3 Å². The average Bonchev–Trinajstić information content (AvgIpc) is 3.43. The maximum absolute atomic E-state index is 13.2. The summed E-state index contributed by atoms with van der Waals surface area (Å²) in [5.41, 5.74) is 6.77. The fraction of sp³-hybridized carbons (Fsp3) is 0.152. The van der Waals surface area contributed by atoms with Gasteiger partial charge in [-0.1, -0.05) is 25.1 Å². The maximum Gasteiger partial charge on any atom is 0.251 e. The van der Waals surface area contributed by atoms with Crippen molar-refractivity contribution in [3.8, 4) is 22.9 Å². The van der Waals surface area contributed by atoms with E-state index in [-0.39, 0.29) is 11.8 Å². The Morgan fingerprint density at radius 1 is 1.07 bits per heavy atom. The first kappa shape index (κ1) is 26.4. The van der Waals surface area contributed by atoms with E-state index < -0.39 is 0 Å². The minimum Gasteiger partial charge on any atom is -0.497 e. The molecule has 1 unspecified atom stereocenters. The number of hydrogen-bond acceptors (Lipinski definition) is 5. The molecule has 0 aliphatic carbocycles. The van der Waals surface area contributed by atoms with Crippen molar-refractivity contribution in [2.75, 3.05) is 7.11 Å². The molecule has 7 heteroatoms. The number of rotatable bonds is 9. The second-order valence-electron chi connectivity index (χ2n) is 9.45. The Bertz CT molecular complexity index is 1730. The van der Waals surface area contributed by atoms with E-state index in [0.29, 0.717) is 29.0 Å². The van der Waals surface area contributed by atoms with E-state index >= 15 is 0 Å². The quantitative estimate of drug-likeness (QED) is 0.215. The number of benzene rings is 3. The Hall–Kier alpha value is -5.22. The predicted molar refractivity (Wildman–Crippen MR) is 154 cm³/mol. The first-order valence-corrected chi connectivity index (χ1v) is 13.0. The number of ether oxygens (including phenoxy) is 1. The van der Waals surface area contributed by atoms with Gasteiger partial charge in [0.15, 0.2) is 6.29 Å². The number of amides is 1. The van der Waals surface area contributed by atoms with Gasteiger partial charge in [-0.15, -0.1) is 0 Å². The molecular formula is C33H28N4O3. The molecule has 3 aromatic carbocycles. The number of carbonyl (C=O) groups excluding carboxylic acids is 2. The molecule has 1 atom stereocenters. The number of aromatic nitrogens is 2. The molecule has 0 spiro atoms. The fourth-order valence-electron chi connectivity index (χ4n) is 5.13. The molecule has 0 saturated heterocycles. The molecule has 0 aliphatic rings. The van der Waals surface area contributed by atoms with Gasteiger partial charge in [-0.25, -0.2) is 0 Å². The highest BCUT2D eigenvalue weighted by Gasteiger charge is 2.23. The number of H-pyrrole nitrogens is 1. The molecule has 5 rings (SSSR count). The van der Waals surface area contributed by atoms with E-state index in [1.54, 1.807) is 19.4 Å². The largest absolute Gasteiger partial charge is 0.497 e. The second-order valence-corrected chi connectivity index (χ2v) is 9.45. The lowest BCUT2D eigenvalue weighted by Gasteiger charge is -2.21. The summed E-state index contributed by atoms with van der Waals surface area (Å²) in [4.78, 5) is 33.0. The number of nitriles is 1. The van der Waals surface area contributed by atoms with Crippen molar-refractivity contribution >= 4 is 23.1 Å². The maximum atomic E-state index is 13.2. The third-order valence-electron chi connectivity index (χ3n) is 7.15. The molecule has 0 fully saturated rings. The van der Waals surface area contributed by atoms with Crippen LogP contribution in [-0.4, -0.2) is 29.3 Å². The molecule has 5 aromatic rings. The van der Waals surface area contributed by atoms with Crippen molar-refractivity contribution in [1.82, 2.24) is 15.3 Å². The summed E-state index contributed by atoms with van der Waals surface area (Å²) in [6, 6.07) is 24.4. The first-order valence-electron chi connectivity index (χ1n) is 13.0. The third kappa shape index (κ3) is 5.20. The lowest BCUT2D eigenvalue weighted by molar-refractivity contribution is 0.0950. The Morgan fingerprint density at radius 3 is 2.67 bits per heavy atom. The number of fused-ring (bicyclic) bond motifs is 1. The zero-order chi connectivity index (χ0) is 28.1. The van der Waals surface area contributed by atoms with Crippen molar-refractivity contribution in [3.05, 3.63) is 119 Å². The normalized spacial score (nSPS) is 11.5. The fourth-order valence-corrected chi connectivity index (χ4v) is 5.13. The molecule has 0 saturated carbocycles. The number of pyridine rings is 1. The van der Waals surface area contributed by atoms with Gasteiger partial charge in [0.1, 0.15) is 5.75 Å². The van der Waals surface area contributed by atoms with Crippen molar-refractivity contribution in [3.63, 3.8) is 0 Å². The third-order valence-corrected chi connectivity index (χ3v) is 7.15. The highest BCUT2D eigenvalue weighted by molar-refractivity contribution is 5.97. The molecule has 7 nitrogen and oxygen atoms in total. The molecule has 0 aliphatic heterocycles. The van der Waals surface area contributed by atoms with E-state index in [2.05, 4.69) is 28.3 Å². The molecule has 0 bridgehead atoms. The molecule has 198 valence electrons. The van der Waals surface area contributed by atoms with E-state index in [1.807, 2.05) is 72.9 Å². The van der Waals surface area contributed by atoms with Crippen LogP contribution in [0.15, 0.2) is 85.2 Å². The van der Waals surface area contributed by atoms with Crippen molar-refractivity contribution < 1.29 is 14.3 Å². The van der Waals surface area contributed by atoms with Crippen LogP contribution in [-0.2, 0) is 6.54 Å². The number of nitrogens with zero attached hydrogens (tertiary/aromatic N) is 2. The summed E-state index contributed by atoms with van der Waals surface area (Å²) in [7, 11) is 1.56. The van der Waals surface area contributed by atoms with Gasteiger partial charge < -0.3 is 15.0 Å². The smallest absolute Gasteiger partial charge is 0.251 e. The zero-order valence-corrected chi connectivity index (χ0v) is 22.3. The Morgan fingerprint density at radius 2 is 1.95 bits per heavy atom. The van der Waals surface area contributed by atoms with E-state index in [0.717, 1.165) is 51.6 Å². The summed E-state index contributed by atoms with van der Waals surface area (Å²) >= 11 is 0. The number of nitrogens with one attached hydrogen (secondary N) is 2. The lowest BCUT2D eigenvalue weighted by Crippen LogP contribution is -2.23. The molecule has 2 N–H and O–H groups in total. The van der Waals surface area contributed by atoms with Crippen LogP contribution in [0.1, 0.15) is 62.4 Å².